The maximum Gasteiger partial charge on any atom is 0.295 e. The Morgan fingerprint density at radius 3 is 2.21 bits per heavy atom. The Hall–Kier alpha value is -2.43. The van der Waals surface area contributed by atoms with Crippen LogP contribution in [0.25, 0.3) is 16.8 Å². The molecule has 0 spiro atoms. The topological polar surface area (TPSA) is 54.4 Å². The number of rotatable bonds is 5. The summed E-state index contributed by atoms with van der Waals surface area (Å²) in [5.41, 5.74) is 4.91. The van der Waals surface area contributed by atoms with Gasteiger partial charge in [0.1, 0.15) is 4.90 Å². The molecule has 0 bridgehead atoms. The molecule has 0 aromatic heterocycles. The lowest BCUT2D eigenvalue weighted by molar-refractivity contribution is 0.483. The standard InChI is InChI=1S/C24H26O3S/c1-16(2)24-21-13-10-18(4)14-20(21)15-23(28(25,26)27)22(24)7-5-6-19-11-8-17(3)9-12-19/h5,7-16H,6H2,1-4H3,(H,25,26,27). The molecule has 0 saturated carbocycles. The predicted molar refractivity (Wildman–Crippen MR) is 117 cm³/mol. The smallest absolute Gasteiger partial charge is 0.282 e. The van der Waals surface area contributed by atoms with E-state index < -0.39 is 10.1 Å². The monoisotopic (exact) mass is 394 g/mol. The van der Waals surface area contributed by atoms with Crippen molar-refractivity contribution in [3.8, 4) is 0 Å². The average molecular weight is 395 g/mol. The summed E-state index contributed by atoms with van der Waals surface area (Å²) in [5.74, 6) is 0.103. The van der Waals surface area contributed by atoms with Gasteiger partial charge in [0.15, 0.2) is 0 Å². The van der Waals surface area contributed by atoms with Gasteiger partial charge < -0.3 is 0 Å². The molecule has 3 nitrogen and oxygen atoms in total. The third-order valence-corrected chi connectivity index (χ3v) is 5.85. The van der Waals surface area contributed by atoms with Gasteiger partial charge in [-0.05, 0) is 59.7 Å². The molecule has 0 radical (unpaired) electrons. The SMILES string of the molecule is Cc1ccc(CC=Cc2c(S(=O)(=O)O)cc3cc(C)ccc3c2C(C)C)cc1. The van der Waals surface area contributed by atoms with E-state index >= 15 is 0 Å². The van der Waals surface area contributed by atoms with Crippen LogP contribution in [0.5, 0.6) is 0 Å². The van der Waals surface area contributed by atoms with E-state index in [0.717, 1.165) is 27.5 Å². The molecule has 3 rings (SSSR count). The fourth-order valence-corrected chi connectivity index (χ4v) is 4.32. The fraction of sp³-hybridized carbons (Fsp3) is 0.250. The van der Waals surface area contributed by atoms with E-state index in [1.54, 1.807) is 6.07 Å². The van der Waals surface area contributed by atoms with Gasteiger partial charge in [0.25, 0.3) is 10.1 Å². The molecule has 3 aromatic rings. The molecule has 0 aliphatic heterocycles. The molecule has 0 fully saturated rings. The lowest BCUT2D eigenvalue weighted by atomic mass is 9.90. The molecular formula is C24H26O3S. The van der Waals surface area contributed by atoms with Crippen molar-refractivity contribution < 1.29 is 13.0 Å². The first kappa shape index (κ1) is 20.3. The Balaban J connectivity index is 2.18. The lowest BCUT2D eigenvalue weighted by Crippen LogP contribution is -2.06. The van der Waals surface area contributed by atoms with Crippen molar-refractivity contribution in [2.75, 3.05) is 0 Å². The largest absolute Gasteiger partial charge is 0.295 e. The van der Waals surface area contributed by atoms with Gasteiger partial charge in [-0.1, -0.05) is 79.6 Å². The molecule has 3 aromatic carbocycles. The molecule has 0 aliphatic carbocycles. The first-order chi connectivity index (χ1) is 13.2. The van der Waals surface area contributed by atoms with Crippen LogP contribution in [0.1, 0.15) is 47.6 Å². The van der Waals surface area contributed by atoms with E-state index in [0.29, 0.717) is 12.0 Å². The van der Waals surface area contributed by atoms with Crippen molar-refractivity contribution in [3.05, 3.63) is 82.4 Å². The number of aryl methyl sites for hydroxylation is 2. The highest BCUT2D eigenvalue weighted by molar-refractivity contribution is 7.86. The van der Waals surface area contributed by atoms with Crippen LogP contribution in [0.2, 0.25) is 0 Å². The van der Waals surface area contributed by atoms with Crippen molar-refractivity contribution in [3.63, 3.8) is 0 Å². The summed E-state index contributed by atoms with van der Waals surface area (Å²) < 4.78 is 34.2. The zero-order chi connectivity index (χ0) is 20.5. The second-order valence-corrected chi connectivity index (χ2v) is 9.04. The minimum Gasteiger partial charge on any atom is -0.282 e. The molecular weight excluding hydrogens is 368 g/mol. The summed E-state index contributed by atoms with van der Waals surface area (Å²) >= 11 is 0. The first-order valence-corrected chi connectivity index (χ1v) is 10.9. The molecule has 0 heterocycles. The maximum absolute atomic E-state index is 12.1. The molecule has 0 atom stereocenters. The van der Waals surface area contributed by atoms with E-state index in [1.807, 2.05) is 58.0 Å². The van der Waals surface area contributed by atoms with Crippen LogP contribution in [0, 0.1) is 13.8 Å². The zero-order valence-corrected chi connectivity index (χ0v) is 17.5. The molecule has 0 aliphatic rings. The summed E-state index contributed by atoms with van der Waals surface area (Å²) in [4.78, 5) is -0.0329. The van der Waals surface area contributed by atoms with Gasteiger partial charge in [-0.3, -0.25) is 4.55 Å². The van der Waals surface area contributed by atoms with Gasteiger partial charge in [0.2, 0.25) is 0 Å². The van der Waals surface area contributed by atoms with Gasteiger partial charge in [-0.25, -0.2) is 0 Å². The summed E-state index contributed by atoms with van der Waals surface area (Å²) in [5, 5.41) is 1.84. The highest BCUT2D eigenvalue weighted by Crippen LogP contribution is 2.35. The highest BCUT2D eigenvalue weighted by atomic mass is 32.2. The molecule has 146 valence electrons. The van der Waals surface area contributed by atoms with Crippen molar-refractivity contribution in [1.82, 2.24) is 0 Å². The molecule has 0 saturated heterocycles. The lowest BCUT2D eigenvalue weighted by Gasteiger charge is -2.18. The van der Waals surface area contributed by atoms with Gasteiger partial charge in [0.05, 0.1) is 0 Å². The van der Waals surface area contributed by atoms with E-state index in [-0.39, 0.29) is 10.8 Å². The Labute approximate surface area is 167 Å². The molecule has 4 heteroatoms. The van der Waals surface area contributed by atoms with Crippen LogP contribution in [0.15, 0.2) is 59.5 Å². The second-order valence-electron chi connectivity index (χ2n) is 7.65. The first-order valence-electron chi connectivity index (χ1n) is 9.43. The summed E-state index contributed by atoms with van der Waals surface area (Å²) in [7, 11) is -4.35. The predicted octanol–water partition coefficient (Wildman–Crippen LogP) is 6.08. The number of allylic oxidation sites excluding steroid dienone is 1. The quantitative estimate of drug-likeness (QED) is 0.533. The number of hydrogen-bond donors (Lipinski definition) is 1. The molecule has 0 unspecified atom stereocenters. The van der Waals surface area contributed by atoms with E-state index in [2.05, 4.69) is 24.3 Å². The average Bonchev–Trinajstić information content (AvgIpc) is 2.61. The normalized spacial score (nSPS) is 12.4. The van der Waals surface area contributed by atoms with Gasteiger partial charge in [0, 0.05) is 0 Å². The van der Waals surface area contributed by atoms with Crippen LogP contribution in [-0.2, 0) is 16.5 Å². The van der Waals surface area contributed by atoms with Crippen LogP contribution < -0.4 is 0 Å². The maximum atomic E-state index is 12.1. The third-order valence-electron chi connectivity index (χ3n) is 4.95. The van der Waals surface area contributed by atoms with Crippen LogP contribution in [0.3, 0.4) is 0 Å². The van der Waals surface area contributed by atoms with Gasteiger partial charge in [-0.2, -0.15) is 8.42 Å². The van der Waals surface area contributed by atoms with Gasteiger partial charge >= 0.3 is 0 Å². The van der Waals surface area contributed by atoms with E-state index in [1.165, 1.54) is 5.56 Å². The van der Waals surface area contributed by atoms with Crippen LogP contribution in [-0.4, -0.2) is 13.0 Å². The number of fused-ring (bicyclic) bond motifs is 1. The zero-order valence-electron chi connectivity index (χ0n) is 16.7. The number of benzene rings is 3. The van der Waals surface area contributed by atoms with E-state index in [9.17, 15) is 13.0 Å². The van der Waals surface area contributed by atoms with Crippen molar-refractivity contribution in [2.24, 2.45) is 0 Å². The molecule has 1 N–H and O–H groups in total. The molecule has 0 amide bonds. The Morgan fingerprint density at radius 2 is 1.61 bits per heavy atom. The van der Waals surface area contributed by atoms with Crippen molar-refractivity contribution >= 4 is 27.0 Å². The van der Waals surface area contributed by atoms with Crippen molar-refractivity contribution in [2.45, 2.75) is 44.9 Å². The summed E-state index contributed by atoms with van der Waals surface area (Å²) in [6.07, 6.45) is 4.48. The summed E-state index contributed by atoms with van der Waals surface area (Å²) in [6, 6.07) is 15.8. The van der Waals surface area contributed by atoms with Crippen LogP contribution in [0.4, 0.5) is 0 Å². The van der Waals surface area contributed by atoms with Crippen molar-refractivity contribution in [1.29, 1.82) is 0 Å². The minimum absolute atomic E-state index is 0.0329. The number of hydrogen-bond acceptors (Lipinski definition) is 2. The Morgan fingerprint density at radius 1 is 0.964 bits per heavy atom. The second kappa shape index (κ2) is 7.90. The van der Waals surface area contributed by atoms with Gasteiger partial charge in [-0.15, -0.1) is 0 Å². The van der Waals surface area contributed by atoms with Crippen LogP contribution >= 0.6 is 0 Å². The minimum atomic E-state index is -4.35. The Kier molecular flexibility index (Phi) is 5.73. The fourth-order valence-electron chi connectivity index (χ4n) is 3.59. The molecule has 28 heavy (non-hydrogen) atoms. The Bertz CT molecular complexity index is 1140. The highest BCUT2D eigenvalue weighted by Gasteiger charge is 2.21. The van der Waals surface area contributed by atoms with E-state index in [4.69, 9.17) is 0 Å². The summed E-state index contributed by atoms with van der Waals surface area (Å²) in [6.45, 7) is 8.10. The third kappa shape index (κ3) is 4.34.